The first-order valence-electron chi connectivity index (χ1n) is 4.66. The molecular formula is C8H17NO6S2. The Kier molecular flexibility index (Phi) is 4.71. The predicted molar refractivity (Wildman–Crippen MR) is 62.7 cm³/mol. The van der Waals surface area contributed by atoms with Crippen molar-refractivity contribution in [3.63, 3.8) is 0 Å². The normalized spacial score (nSPS) is 13.9. The Bertz CT molecular complexity index is 485. The second-order valence-corrected chi connectivity index (χ2v) is 9.13. The van der Waals surface area contributed by atoms with Crippen LogP contribution in [0.3, 0.4) is 0 Å². The standard InChI is InChI=1S/C8H17NO6S2/c1-8(2,3)9(5-7(10)11)17(14,15)6-16(4,12)13/h5-6H2,1-4H3,(H,10,11). The Hall–Kier alpha value is -0.670. The van der Waals surface area contributed by atoms with Crippen molar-refractivity contribution in [3.8, 4) is 0 Å². The lowest BCUT2D eigenvalue weighted by Crippen LogP contribution is -2.49. The molecule has 0 aromatic rings. The summed E-state index contributed by atoms with van der Waals surface area (Å²) in [7, 11) is -7.91. The van der Waals surface area contributed by atoms with Gasteiger partial charge in [-0.05, 0) is 20.8 Å². The van der Waals surface area contributed by atoms with Gasteiger partial charge in [0.15, 0.2) is 14.9 Å². The molecule has 0 atom stereocenters. The van der Waals surface area contributed by atoms with Crippen LogP contribution in [0.1, 0.15) is 20.8 Å². The van der Waals surface area contributed by atoms with Gasteiger partial charge in [-0.3, -0.25) is 4.79 Å². The summed E-state index contributed by atoms with van der Waals surface area (Å²) in [6.07, 6.45) is 0.784. The van der Waals surface area contributed by atoms with Crippen LogP contribution >= 0.6 is 0 Å². The molecule has 0 bridgehead atoms. The number of carbonyl (C=O) groups is 1. The highest BCUT2D eigenvalue weighted by Crippen LogP contribution is 2.19. The summed E-state index contributed by atoms with van der Waals surface area (Å²) in [4.78, 5) is 10.6. The Labute approximate surface area is 101 Å². The van der Waals surface area contributed by atoms with E-state index in [1.807, 2.05) is 0 Å². The number of sulfonamides is 1. The fraction of sp³-hybridized carbons (Fsp3) is 0.875. The second-order valence-electron chi connectivity index (χ2n) is 4.73. The van der Waals surface area contributed by atoms with Crippen molar-refractivity contribution < 1.29 is 26.7 Å². The van der Waals surface area contributed by atoms with Gasteiger partial charge < -0.3 is 5.11 Å². The highest BCUT2D eigenvalue weighted by Gasteiger charge is 2.36. The average molecular weight is 287 g/mol. The number of carboxylic acid groups (broad SMARTS) is 1. The minimum atomic E-state index is -4.17. The maximum Gasteiger partial charge on any atom is 0.318 e. The third-order valence-corrected chi connectivity index (χ3v) is 5.98. The number of rotatable bonds is 5. The fourth-order valence-electron chi connectivity index (χ4n) is 1.21. The Balaban J connectivity index is 5.40. The zero-order chi connectivity index (χ0) is 14.1. The molecule has 0 aromatic carbocycles. The summed E-state index contributed by atoms with van der Waals surface area (Å²) in [6, 6.07) is 0. The number of hydrogen-bond acceptors (Lipinski definition) is 5. The molecule has 0 rings (SSSR count). The van der Waals surface area contributed by atoms with Crippen LogP contribution < -0.4 is 0 Å². The summed E-state index contributed by atoms with van der Waals surface area (Å²) in [5, 5.41) is 7.56. The van der Waals surface area contributed by atoms with Gasteiger partial charge in [-0.1, -0.05) is 0 Å². The molecule has 0 fully saturated rings. The topological polar surface area (TPSA) is 109 Å². The summed E-state index contributed by atoms with van der Waals surface area (Å²) in [5.41, 5.74) is -0.998. The van der Waals surface area contributed by atoms with Crippen LogP contribution in [0.2, 0.25) is 0 Å². The third kappa shape index (κ3) is 5.99. The zero-order valence-corrected chi connectivity index (χ0v) is 11.8. The predicted octanol–water partition coefficient (Wildman–Crippen LogP) is -0.497. The van der Waals surface area contributed by atoms with Crippen LogP contribution in [-0.2, 0) is 24.7 Å². The number of carboxylic acids is 1. The molecular weight excluding hydrogens is 270 g/mol. The number of aliphatic carboxylic acids is 1. The summed E-state index contributed by atoms with van der Waals surface area (Å²) in [6.45, 7) is 3.72. The smallest absolute Gasteiger partial charge is 0.318 e. The van der Waals surface area contributed by atoms with Crippen molar-refractivity contribution in [1.29, 1.82) is 0 Å². The average Bonchev–Trinajstić information content (AvgIpc) is 1.92. The van der Waals surface area contributed by atoms with Crippen molar-refractivity contribution in [3.05, 3.63) is 0 Å². The molecule has 0 radical (unpaired) electrons. The molecule has 9 heteroatoms. The molecule has 0 heterocycles. The molecule has 0 amide bonds. The molecule has 7 nitrogen and oxygen atoms in total. The van der Waals surface area contributed by atoms with Gasteiger partial charge in [0.1, 0.15) is 6.54 Å². The first kappa shape index (κ1) is 16.3. The van der Waals surface area contributed by atoms with Gasteiger partial charge >= 0.3 is 5.97 Å². The van der Waals surface area contributed by atoms with Gasteiger partial charge in [0, 0.05) is 11.8 Å². The van der Waals surface area contributed by atoms with Gasteiger partial charge in [0.2, 0.25) is 10.0 Å². The fourth-order valence-corrected chi connectivity index (χ4v) is 5.02. The Morgan fingerprint density at radius 3 is 1.82 bits per heavy atom. The molecule has 0 aliphatic heterocycles. The lowest BCUT2D eigenvalue weighted by atomic mass is 10.1. The van der Waals surface area contributed by atoms with Crippen LogP contribution in [0.5, 0.6) is 0 Å². The van der Waals surface area contributed by atoms with E-state index < -0.39 is 43.0 Å². The molecule has 0 saturated carbocycles. The molecule has 0 aliphatic carbocycles. The molecule has 0 saturated heterocycles. The van der Waals surface area contributed by atoms with Crippen LogP contribution in [0.25, 0.3) is 0 Å². The molecule has 1 N–H and O–H groups in total. The van der Waals surface area contributed by atoms with E-state index in [1.54, 1.807) is 0 Å². The van der Waals surface area contributed by atoms with Crippen LogP contribution in [0.15, 0.2) is 0 Å². The summed E-state index contributed by atoms with van der Waals surface area (Å²) >= 11 is 0. The number of hydrogen-bond donors (Lipinski definition) is 1. The second kappa shape index (κ2) is 4.91. The minimum Gasteiger partial charge on any atom is -0.480 e. The summed E-state index contributed by atoms with van der Waals surface area (Å²) in [5.74, 6) is -1.34. The van der Waals surface area contributed by atoms with Gasteiger partial charge in [-0.15, -0.1) is 0 Å². The maximum absolute atomic E-state index is 11.8. The Morgan fingerprint density at radius 2 is 1.59 bits per heavy atom. The lowest BCUT2D eigenvalue weighted by molar-refractivity contribution is -0.138. The van der Waals surface area contributed by atoms with E-state index in [4.69, 9.17) is 5.11 Å². The van der Waals surface area contributed by atoms with Gasteiger partial charge in [-0.2, -0.15) is 4.31 Å². The van der Waals surface area contributed by atoms with Crippen LogP contribution in [-0.4, -0.2) is 55.6 Å². The third-order valence-electron chi connectivity index (χ3n) is 1.73. The largest absolute Gasteiger partial charge is 0.480 e. The van der Waals surface area contributed by atoms with Crippen molar-refractivity contribution in [2.24, 2.45) is 0 Å². The quantitative estimate of drug-likeness (QED) is 0.730. The van der Waals surface area contributed by atoms with E-state index in [0.29, 0.717) is 4.31 Å². The van der Waals surface area contributed by atoms with E-state index in [9.17, 15) is 21.6 Å². The van der Waals surface area contributed by atoms with E-state index in [1.165, 1.54) is 20.8 Å². The monoisotopic (exact) mass is 287 g/mol. The molecule has 102 valence electrons. The molecule has 0 unspecified atom stereocenters. The lowest BCUT2D eigenvalue weighted by Gasteiger charge is -2.32. The number of sulfone groups is 1. The van der Waals surface area contributed by atoms with Gasteiger partial charge in [0.25, 0.3) is 0 Å². The van der Waals surface area contributed by atoms with Gasteiger partial charge in [-0.25, -0.2) is 16.8 Å². The van der Waals surface area contributed by atoms with Crippen molar-refractivity contribution in [2.45, 2.75) is 26.3 Å². The molecule has 0 aromatic heterocycles. The van der Waals surface area contributed by atoms with Crippen molar-refractivity contribution in [2.75, 3.05) is 17.9 Å². The van der Waals surface area contributed by atoms with Crippen LogP contribution in [0, 0.1) is 0 Å². The van der Waals surface area contributed by atoms with Gasteiger partial charge in [0.05, 0.1) is 0 Å². The minimum absolute atomic E-state index is 0.670. The first-order valence-corrected chi connectivity index (χ1v) is 8.33. The van der Waals surface area contributed by atoms with Crippen molar-refractivity contribution >= 4 is 25.8 Å². The SMILES string of the molecule is CC(C)(C)N(CC(=O)O)S(=O)(=O)CS(C)(=O)=O. The number of nitrogens with zero attached hydrogens (tertiary/aromatic N) is 1. The molecule has 0 aliphatic rings. The van der Waals surface area contributed by atoms with E-state index in [0.717, 1.165) is 6.26 Å². The highest BCUT2D eigenvalue weighted by molar-refractivity contribution is 8.06. The molecule has 0 spiro atoms. The zero-order valence-electron chi connectivity index (χ0n) is 10.2. The molecule has 17 heavy (non-hydrogen) atoms. The Morgan fingerprint density at radius 1 is 1.18 bits per heavy atom. The van der Waals surface area contributed by atoms with Crippen LogP contribution in [0.4, 0.5) is 0 Å². The van der Waals surface area contributed by atoms with E-state index >= 15 is 0 Å². The highest BCUT2D eigenvalue weighted by atomic mass is 32.3. The van der Waals surface area contributed by atoms with E-state index in [2.05, 4.69) is 0 Å². The summed E-state index contributed by atoms with van der Waals surface area (Å²) < 4.78 is 46.3. The van der Waals surface area contributed by atoms with Crippen molar-refractivity contribution in [1.82, 2.24) is 4.31 Å². The van der Waals surface area contributed by atoms with E-state index in [-0.39, 0.29) is 0 Å². The first-order chi connectivity index (χ1) is 7.26. The maximum atomic E-state index is 11.8.